The minimum atomic E-state index is 0.155. The van der Waals surface area contributed by atoms with Crippen molar-refractivity contribution in [2.45, 2.75) is 12.6 Å². The second kappa shape index (κ2) is 5.75. The van der Waals surface area contributed by atoms with Crippen LogP contribution in [0.5, 0.6) is 0 Å². The van der Waals surface area contributed by atoms with Gasteiger partial charge in [-0.15, -0.1) is 0 Å². The minimum absolute atomic E-state index is 0.155. The Kier molecular flexibility index (Phi) is 4.01. The largest absolute Gasteiger partial charge is 0.376 e. The summed E-state index contributed by atoms with van der Waals surface area (Å²) in [6.07, 6.45) is 3.64. The highest BCUT2D eigenvalue weighted by molar-refractivity contribution is 4.87. The molecule has 82 valence electrons. The molecule has 1 saturated heterocycles. The maximum absolute atomic E-state index is 5.49. The van der Waals surface area contributed by atoms with E-state index in [4.69, 9.17) is 9.47 Å². The molecule has 2 rings (SSSR count). The topological polar surface area (TPSA) is 56.3 Å². The number of hydrogen-bond donors (Lipinski definition) is 1. The van der Waals surface area contributed by atoms with E-state index in [1.165, 1.54) is 0 Å². The fourth-order valence-corrected chi connectivity index (χ4v) is 1.42. The number of aromatic nitrogens is 2. The standard InChI is InChI=1S/C10H15N3O2/c1-2-12-10(13-3-1)7-11-6-9-8-14-4-5-15-9/h1-3,9,11H,4-8H2. The maximum atomic E-state index is 5.49. The average molecular weight is 209 g/mol. The highest BCUT2D eigenvalue weighted by Crippen LogP contribution is 1.99. The SMILES string of the molecule is c1cnc(CNCC2COCCO2)nc1. The molecule has 1 atom stereocenters. The zero-order chi connectivity index (χ0) is 10.3. The molecule has 1 aliphatic rings. The molecule has 15 heavy (non-hydrogen) atoms. The summed E-state index contributed by atoms with van der Waals surface area (Å²) in [6.45, 7) is 3.51. The van der Waals surface area contributed by atoms with E-state index in [0.717, 1.165) is 12.4 Å². The van der Waals surface area contributed by atoms with Crippen LogP contribution in [0, 0.1) is 0 Å². The van der Waals surface area contributed by atoms with Gasteiger partial charge in [0, 0.05) is 18.9 Å². The van der Waals surface area contributed by atoms with Gasteiger partial charge in [0.2, 0.25) is 0 Å². The first-order valence-corrected chi connectivity index (χ1v) is 5.11. The molecule has 0 bridgehead atoms. The molecule has 0 aromatic carbocycles. The number of ether oxygens (including phenoxy) is 2. The van der Waals surface area contributed by atoms with Crippen LogP contribution in [-0.2, 0) is 16.0 Å². The van der Waals surface area contributed by atoms with Gasteiger partial charge >= 0.3 is 0 Å². The summed E-state index contributed by atoms with van der Waals surface area (Å²) in [6, 6.07) is 1.81. The van der Waals surface area contributed by atoms with Crippen molar-refractivity contribution in [2.75, 3.05) is 26.4 Å². The Morgan fingerprint density at radius 1 is 1.33 bits per heavy atom. The third kappa shape index (κ3) is 3.54. The van der Waals surface area contributed by atoms with E-state index in [1.54, 1.807) is 12.4 Å². The smallest absolute Gasteiger partial charge is 0.141 e. The van der Waals surface area contributed by atoms with Gasteiger partial charge < -0.3 is 14.8 Å². The number of rotatable bonds is 4. The van der Waals surface area contributed by atoms with Crippen LogP contribution >= 0.6 is 0 Å². The van der Waals surface area contributed by atoms with Crippen LogP contribution in [-0.4, -0.2) is 42.4 Å². The first-order valence-electron chi connectivity index (χ1n) is 5.11. The molecule has 0 amide bonds. The van der Waals surface area contributed by atoms with Gasteiger partial charge in [-0.25, -0.2) is 9.97 Å². The molecule has 5 heteroatoms. The summed E-state index contributed by atoms with van der Waals surface area (Å²) in [5.41, 5.74) is 0. The quantitative estimate of drug-likeness (QED) is 0.755. The van der Waals surface area contributed by atoms with Gasteiger partial charge in [-0.05, 0) is 6.07 Å². The van der Waals surface area contributed by atoms with Crippen molar-refractivity contribution in [3.8, 4) is 0 Å². The lowest BCUT2D eigenvalue weighted by Gasteiger charge is -2.22. The molecule has 1 unspecified atom stereocenters. The first kappa shape index (κ1) is 10.5. The summed E-state index contributed by atoms with van der Waals surface area (Å²) in [5.74, 6) is 0.800. The molecule has 5 nitrogen and oxygen atoms in total. The van der Waals surface area contributed by atoms with Crippen LogP contribution in [0.1, 0.15) is 5.82 Å². The van der Waals surface area contributed by atoms with Crippen LogP contribution in [0.25, 0.3) is 0 Å². The Morgan fingerprint density at radius 3 is 2.93 bits per heavy atom. The number of hydrogen-bond acceptors (Lipinski definition) is 5. The lowest BCUT2D eigenvalue weighted by Crippen LogP contribution is -2.37. The van der Waals surface area contributed by atoms with Crippen LogP contribution in [0.3, 0.4) is 0 Å². The molecule has 0 saturated carbocycles. The minimum Gasteiger partial charge on any atom is -0.376 e. The molecule has 1 aromatic heterocycles. The number of nitrogens with one attached hydrogen (secondary N) is 1. The molecule has 2 heterocycles. The van der Waals surface area contributed by atoms with Crippen LogP contribution in [0.2, 0.25) is 0 Å². The van der Waals surface area contributed by atoms with Crippen LogP contribution in [0.4, 0.5) is 0 Å². The third-order valence-corrected chi connectivity index (χ3v) is 2.16. The van der Waals surface area contributed by atoms with Crippen molar-refractivity contribution >= 4 is 0 Å². The second-order valence-corrected chi connectivity index (χ2v) is 3.36. The Balaban J connectivity index is 1.66. The van der Waals surface area contributed by atoms with Gasteiger partial charge in [0.05, 0.1) is 32.5 Å². The fraction of sp³-hybridized carbons (Fsp3) is 0.600. The second-order valence-electron chi connectivity index (χ2n) is 3.36. The molecule has 1 N–H and O–H groups in total. The van der Waals surface area contributed by atoms with Crippen LogP contribution in [0.15, 0.2) is 18.5 Å². The third-order valence-electron chi connectivity index (χ3n) is 2.16. The lowest BCUT2D eigenvalue weighted by atomic mass is 10.3. The molecular weight excluding hydrogens is 194 g/mol. The van der Waals surface area contributed by atoms with Crippen molar-refractivity contribution in [1.29, 1.82) is 0 Å². The van der Waals surface area contributed by atoms with E-state index in [0.29, 0.717) is 26.4 Å². The molecule has 1 aromatic rings. The van der Waals surface area contributed by atoms with E-state index in [2.05, 4.69) is 15.3 Å². The van der Waals surface area contributed by atoms with Crippen molar-refractivity contribution in [2.24, 2.45) is 0 Å². The summed E-state index contributed by atoms with van der Waals surface area (Å²) in [7, 11) is 0. The highest BCUT2D eigenvalue weighted by atomic mass is 16.6. The zero-order valence-electron chi connectivity index (χ0n) is 8.56. The lowest BCUT2D eigenvalue weighted by molar-refractivity contribution is -0.0864. The number of nitrogens with zero attached hydrogens (tertiary/aromatic N) is 2. The van der Waals surface area contributed by atoms with E-state index in [-0.39, 0.29) is 6.10 Å². The summed E-state index contributed by atoms with van der Waals surface area (Å²) < 4.78 is 10.8. The molecule has 0 aliphatic carbocycles. The van der Waals surface area contributed by atoms with Crippen molar-refractivity contribution in [3.63, 3.8) is 0 Å². The Bertz CT molecular complexity index is 275. The van der Waals surface area contributed by atoms with Crippen LogP contribution < -0.4 is 5.32 Å². The van der Waals surface area contributed by atoms with Gasteiger partial charge in [-0.1, -0.05) is 0 Å². The normalized spacial score (nSPS) is 21.5. The van der Waals surface area contributed by atoms with Gasteiger partial charge in [-0.2, -0.15) is 0 Å². The maximum Gasteiger partial charge on any atom is 0.141 e. The summed E-state index contributed by atoms with van der Waals surface area (Å²) in [4.78, 5) is 8.23. The van der Waals surface area contributed by atoms with Gasteiger partial charge in [0.15, 0.2) is 0 Å². The van der Waals surface area contributed by atoms with Crippen molar-refractivity contribution < 1.29 is 9.47 Å². The van der Waals surface area contributed by atoms with Gasteiger partial charge in [-0.3, -0.25) is 0 Å². The predicted molar refractivity (Wildman–Crippen MR) is 54.3 cm³/mol. The Morgan fingerprint density at radius 2 is 2.20 bits per heavy atom. The van der Waals surface area contributed by atoms with Crippen molar-refractivity contribution in [1.82, 2.24) is 15.3 Å². The molecule has 0 spiro atoms. The van der Waals surface area contributed by atoms with E-state index in [9.17, 15) is 0 Å². The van der Waals surface area contributed by atoms with Crippen molar-refractivity contribution in [3.05, 3.63) is 24.3 Å². The summed E-state index contributed by atoms with van der Waals surface area (Å²) in [5, 5.41) is 3.24. The van der Waals surface area contributed by atoms with E-state index in [1.807, 2.05) is 6.07 Å². The monoisotopic (exact) mass is 209 g/mol. The van der Waals surface area contributed by atoms with E-state index >= 15 is 0 Å². The average Bonchev–Trinajstić information content (AvgIpc) is 2.32. The predicted octanol–water partition coefficient (Wildman–Crippen LogP) is -0.0184. The molecule has 0 radical (unpaired) electrons. The van der Waals surface area contributed by atoms with Gasteiger partial charge in [0.25, 0.3) is 0 Å². The molecule has 1 aliphatic heterocycles. The zero-order valence-corrected chi connectivity index (χ0v) is 8.56. The van der Waals surface area contributed by atoms with E-state index < -0.39 is 0 Å². The Hall–Kier alpha value is -1.04. The highest BCUT2D eigenvalue weighted by Gasteiger charge is 2.13. The summed E-state index contributed by atoms with van der Waals surface area (Å²) >= 11 is 0. The Labute approximate surface area is 88.8 Å². The van der Waals surface area contributed by atoms with Gasteiger partial charge in [0.1, 0.15) is 5.82 Å². The molecule has 1 fully saturated rings. The first-order chi connectivity index (χ1) is 7.45. The molecular formula is C10H15N3O2. The fourth-order valence-electron chi connectivity index (χ4n) is 1.42.